The van der Waals surface area contributed by atoms with Crippen molar-refractivity contribution < 1.29 is 0 Å². The summed E-state index contributed by atoms with van der Waals surface area (Å²) in [6, 6.07) is 2.13. The lowest BCUT2D eigenvalue weighted by Gasteiger charge is -2.07. The van der Waals surface area contributed by atoms with Gasteiger partial charge in [-0.1, -0.05) is 25.6 Å². The molecule has 0 aromatic carbocycles. The number of tetrazole rings is 1. The van der Waals surface area contributed by atoms with Crippen molar-refractivity contribution in [1.82, 2.24) is 25.5 Å². The van der Waals surface area contributed by atoms with Gasteiger partial charge in [-0.15, -0.1) is 5.10 Å². The highest BCUT2D eigenvalue weighted by atomic mass is 32.2. The Labute approximate surface area is 121 Å². The summed E-state index contributed by atoms with van der Waals surface area (Å²) in [4.78, 5) is 0. The van der Waals surface area contributed by atoms with Crippen LogP contribution in [0.25, 0.3) is 0 Å². The Kier molecular flexibility index (Phi) is 5.81. The van der Waals surface area contributed by atoms with Gasteiger partial charge >= 0.3 is 0 Å². The van der Waals surface area contributed by atoms with E-state index in [9.17, 15) is 0 Å². The van der Waals surface area contributed by atoms with Gasteiger partial charge in [0.15, 0.2) is 0 Å². The highest BCUT2D eigenvalue weighted by Gasteiger charge is 2.07. The number of nitrogens with one attached hydrogen (secondary N) is 1. The Bertz CT molecular complexity index is 466. The van der Waals surface area contributed by atoms with Gasteiger partial charge < -0.3 is 5.32 Å². The van der Waals surface area contributed by atoms with Gasteiger partial charge in [-0.25, -0.2) is 4.68 Å². The number of rotatable bonds is 8. The van der Waals surface area contributed by atoms with Gasteiger partial charge in [0.05, 0.1) is 6.54 Å². The zero-order valence-electron chi connectivity index (χ0n) is 11.2. The third-order valence-electron chi connectivity index (χ3n) is 2.50. The molecule has 0 aliphatic carbocycles. The minimum Gasteiger partial charge on any atom is -0.315 e. The summed E-state index contributed by atoms with van der Waals surface area (Å²) in [6.07, 6.45) is 0. The number of nitrogens with zero attached hydrogens (tertiary/aromatic N) is 4. The average molecular weight is 297 g/mol. The van der Waals surface area contributed by atoms with Gasteiger partial charge in [0.25, 0.3) is 0 Å². The first-order chi connectivity index (χ1) is 9.25. The molecule has 0 radical (unpaired) electrons. The summed E-state index contributed by atoms with van der Waals surface area (Å²) in [5.41, 5.74) is 1.32. The minimum atomic E-state index is 0.668. The van der Waals surface area contributed by atoms with Crippen molar-refractivity contribution in [2.24, 2.45) is 5.92 Å². The quantitative estimate of drug-likeness (QED) is 0.598. The molecule has 5 nitrogen and oxygen atoms in total. The standard InChI is InChI=1S/C12H19N5S2/c1-10(2)7-13-4-5-17-12(14-15-16-17)19-9-11-3-6-18-8-11/h3,6,8,10,13H,4-5,7,9H2,1-2H3. The molecule has 7 heteroatoms. The second kappa shape index (κ2) is 7.62. The van der Waals surface area contributed by atoms with Gasteiger partial charge in [-0.3, -0.25) is 0 Å². The molecule has 19 heavy (non-hydrogen) atoms. The molecular weight excluding hydrogens is 278 g/mol. The fourth-order valence-corrected chi connectivity index (χ4v) is 3.16. The van der Waals surface area contributed by atoms with E-state index in [1.54, 1.807) is 23.1 Å². The first kappa shape index (κ1) is 14.5. The fourth-order valence-electron chi connectivity index (χ4n) is 1.54. The van der Waals surface area contributed by atoms with Crippen LogP contribution in [-0.2, 0) is 12.3 Å². The second-order valence-electron chi connectivity index (χ2n) is 4.70. The normalized spacial score (nSPS) is 11.3. The summed E-state index contributed by atoms with van der Waals surface area (Å²) in [5.74, 6) is 1.59. The van der Waals surface area contributed by atoms with Gasteiger partial charge in [0.2, 0.25) is 5.16 Å². The van der Waals surface area contributed by atoms with Crippen LogP contribution in [0.2, 0.25) is 0 Å². The van der Waals surface area contributed by atoms with Crippen molar-refractivity contribution in [3.05, 3.63) is 22.4 Å². The SMILES string of the molecule is CC(C)CNCCn1nnnc1SCc1ccsc1. The predicted molar refractivity (Wildman–Crippen MR) is 79.4 cm³/mol. The molecule has 2 aromatic rings. The summed E-state index contributed by atoms with van der Waals surface area (Å²) in [7, 11) is 0. The molecule has 2 aromatic heterocycles. The molecule has 0 amide bonds. The molecule has 104 valence electrons. The summed E-state index contributed by atoms with van der Waals surface area (Å²) >= 11 is 3.40. The zero-order valence-corrected chi connectivity index (χ0v) is 12.9. The molecule has 0 saturated heterocycles. The maximum absolute atomic E-state index is 4.07. The molecule has 2 heterocycles. The van der Waals surface area contributed by atoms with E-state index >= 15 is 0 Å². The third-order valence-corrected chi connectivity index (χ3v) is 4.26. The fraction of sp³-hybridized carbons (Fsp3) is 0.583. The van der Waals surface area contributed by atoms with E-state index in [0.29, 0.717) is 5.92 Å². The lowest BCUT2D eigenvalue weighted by atomic mass is 10.2. The second-order valence-corrected chi connectivity index (χ2v) is 6.43. The molecule has 0 unspecified atom stereocenters. The van der Waals surface area contributed by atoms with Crippen LogP contribution in [0.4, 0.5) is 0 Å². The van der Waals surface area contributed by atoms with Crippen LogP contribution in [0, 0.1) is 5.92 Å². The molecule has 0 aliphatic heterocycles. The molecule has 1 N–H and O–H groups in total. The number of thiophene rings is 1. The van der Waals surface area contributed by atoms with E-state index in [1.807, 2.05) is 4.68 Å². The average Bonchev–Trinajstić information content (AvgIpc) is 3.03. The van der Waals surface area contributed by atoms with Crippen molar-refractivity contribution in [2.45, 2.75) is 31.3 Å². The Morgan fingerprint density at radius 3 is 3.11 bits per heavy atom. The molecule has 0 bridgehead atoms. The molecule has 0 fully saturated rings. The lowest BCUT2D eigenvalue weighted by molar-refractivity contribution is 0.482. The van der Waals surface area contributed by atoms with Crippen LogP contribution in [0.1, 0.15) is 19.4 Å². The van der Waals surface area contributed by atoms with E-state index in [1.165, 1.54) is 5.56 Å². The Hall–Kier alpha value is -0.920. The highest BCUT2D eigenvalue weighted by molar-refractivity contribution is 7.98. The van der Waals surface area contributed by atoms with E-state index in [-0.39, 0.29) is 0 Å². The molecular formula is C12H19N5S2. The van der Waals surface area contributed by atoms with Gasteiger partial charge in [0, 0.05) is 12.3 Å². The smallest absolute Gasteiger partial charge is 0.209 e. The van der Waals surface area contributed by atoms with E-state index < -0.39 is 0 Å². The zero-order chi connectivity index (χ0) is 13.5. The molecule has 0 spiro atoms. The maximum Gasteiger partial charge on any atom is 0.209 e. The maximum atomic E-state index is 4.07. The van der Waals surface area contributed by atoms with E-state index in [2.05, 4.69) is 51.5 Å². The molecule has 0 aliphatic rings. The molecule has 0 saturated carbocycles. The summed E-state index contributed by atoms with van der Waals surface area (Å²) < 4.78 is 1.87. The number of hydrogen-bond acceptors (Lipinski definition) is 6. The van der Waals surface area contributed by atoms with Crippen molar-refractivity contribution in [1.29, 1.82) is 0 Å². The number of hydrogen-bond donors (Lipinski definition) is 1. The van der Waals surface area contributed by atoms with Crippen molar-refractivity contribution in [3.8, 4) is 0 Å². The van der Waals surface area contributed by atoms with Crippen LogP contribution in [0.5, 0.6) is 0 Å². The van der Waals surface area contributed by atoms with Gasteiger partial charge in [0.1, 0.15) is 0 Å². The predicted octanol–water partition coefficient (Wildman–Crippen LogP) is 2.27. The highest BCUT2D eigenvalue weighted by Crippen LogP contribution is 2.20. The van der Waals surface area contributed by atoms with Crippen LogP contribution < -0.4 is 5.32 Å². The summed E-state index contributed by atoms with van der Waals surface area (Å²) in [6.45, 7) is 7.14. The monoisotopic (exact) mass is 297 g/mol. The van der Waals surface area contributed by atoms with E-state index in [4.69, 9.17) is 0 Å². The molecule has 2 rings (SSSR count). The van der Waals surface area contributed by atoms with Crippen LogP contribution in [-0.4, -0.2) is 33.3 Å². The van der Waals surface area contributed by atoms with Crippen molar-refractivity contribution in [2.75, 3.05) is 13.1 Å². The Morgan fingerprint density at radius 2 is 2.37 bits per heavy atom. The Balaban J connectivity index is 1.77. The molecule has 0 atom stereocenters. The van der Waals surface area contributed by atoms with Crippen LogP contribution >= 0.6 is 23.1 Å². The van der Waals surface area contributed by atoms with Crippen LogP contribution in [0.3, 0.4) is 0 Å². The topological polar surface area (TPSA) is 55.6 Å². The van der Waals surface area contributed by atoms with Crippen molar-refractivity contribution in [3.63, 3.8) is 0 Å². The van der Waals surface area contributed by atoms with Crippen LogP contribution in [0.15, 0.2) is 22.0 Å². The van der Waals surface area contributed by atoms with Crippen molar-refractivity contribution >= 4 is 23.1 Å². The first-order valence-electron chi connectivity index (χ1n) is 6.36. The Morgan fingerprint density at radius 1 is 1.47 bits per heavy atom. The third kappa shape index (κ3) is 4.93. The lowest BCUT2D eigenvalue weighted by Crippen LogP contribution is -2.24. The first-order valence-corrected chi connectivity index (χ1v) is 8.29. The van der Waals surface area contributed by atoms with Gasteiger partial charge in [-0.05, 0) is 45.3 Å². The minimum absolute atomic E-state index is 0.668. The van der Waals surface area contributed by atoms with E-state index in [0.717, 1.165) is 30.5 Å². The van der Waals surface area contributed by atoms with Gasteiger partial charge in [-0.2, -0.15) is 11.3 Å². The number of aromatic nitrogens is 4. The largest absolute Gasteiger partial charge is 0.315 e. The number of thioether (sulfide) groups is 1. The summed E-state index contributed by atoms with van der Waals surface area (Å²) in [5, 5.41) is 20.4.